The van der Waals surface area contributed by atoms with Gasteiger partial charge in [0.05, 0.1) is 27.6 Å². The van der Waals surface area contributed by atoms with Crippen LogP contribution >= 0.6 is 23.1 Å². The van der Waals surface area contributed by atoms with Gasteiger partial charge in [-0.25, -0.2) is 0 Å². The molecule has 1 aliphatic heterocycles. The van der Waals surface area contributed by atoms with Crippen molar-refractivity contribution in [3.05, 3.63) is 44.3 Å². The van der Waals surface area contributed by atoms with Gasteiger partial charge in [0.2, 0.25) is 0 Å². The van der Waals surface area contributed by atoms with E-state index in [2.05, 4.69) is 6.07 Å². The first-order valence-electron chi connectivity index (χ1n) is 4.69. The summed E-state index contributed by atoms with van der Waals surface area (Å²) >= 11 is 2.84. The minimum atomic E-state index is -0.197. The van der Waals surface area contributed by atoms with E-state index in [1.54, 1.807) is 0 Å². The van der Waals surface area contributed by atoms with Crippen LogP contribution in [0.25, 0.3) is 0 Å². The largest absolute Gasteiger partial charge is 0.397 e. The van der Waals surface area contributed by atoms with E-state index in [-0.39, 0.29) is 16.5 Å². The Bertz CT molecular complexity index is 584. The van der Waals surface area contributed by atoms with Crippen molar-refractivity contribution in [2.75, 3.05) is 0 Å². The van der Waals surface area contributed by atoms with Gasteiger partial charge in [-0.15, -0.1) is 11.3 Å². The molecule has 0 amide bonds. The molecule has 0 bridgehead atoms. The van der Waals surface area contributed by atoms with Crippen molar-refractivity contribution in [1.82, 2.24) is 0 Å². The molecule has 6 heteroatoms. The maximum absolute atomic E-state index is 9.16. The summed E-state index contributed by atoms with van der Waals surface area (Å²) < 4.78 is 0. The van der Waals surface area contributed by atoms with Crippen molar-refractivity contribution in [3.63, 3.8) is 0 Å². The smallest absolute Gasteiger partial charge is 0.106 e. The van der Waals surface area contributed by atoms with Crippen molar-refractivity contribution in [2.24, 2.45) is 11.5 Å². The molecule has 0 spiro atoms. The maximum Gasteiger partial charge on any atom is 0.106 e. The van der Waals surface area contributed by atoms with Crippen molar-refractivity contribution in [3.8, 4) is 12.1 Å². The van der Waals surface area contributed by atoms with Gasteiger partial charge >= 0.3 is 0 Å². The molecule has 0 aromatic carbocycles. The quantitative estimate of drug-likeness (QED) is 0.804. The number of nitriles is 2. The monoisotopic (exact) mass is 260 g/mol. The predicted molar refractivity (Wildman–Crippen MR) is 68.3 cm³/mol. The van der Waals surface area contributed by atoms with Crippen LogP contribution in [0.5, 0.6) is 0 Å². The Morgan fingerprint density at radius 3 is 2.53 bits per heavy atom. The van der Waals surface area contributed by atoms with Crippen molar-refractivity contribution in [1.29, 1.82) is 10.5 Å². The molecule has 1 aliphatic rings. The van der Waals surface area contributed by atoms with E-state index in [1.807, 2.05) is 23.6 Å². The van der Waals surface area contributed by atoms with E-state index in [4.69, 9.17) is 22.0 Å². The highest BCUT2D eigenvalue weighted by atomic mass is 32.2. The molecule has 0 unspecified atom stereocenters. The lowest BCUT2D eigenvalue weighted by Gasteiger charge is -2.21. The summed E-state index contributed by atoms with van der Waals surface area (Å²) in [6.07, 6.45) is 0. The minimum absolute atomic E-state index is 0.197. The lowest BCUT2D eigenvalue weighted by Crippen LogP contribution is -2.17. The van der Waals surface area contributed by atoms with E-state index in [0.717, 1.165) is 4.88 Å². The van der Waals surface area contributed by atoms with E-state index in [9.17, 15) is 0 Å². The molecular formula is C11H8N4S2. The molecule has 2 rings (SSSR count). The maximum atomic E-state index is 9.16. The van der Waals surface area contributed by atoms with Crippen LogP contribution in [0.4, 0.5) is 0 Å². The van der Waals surface area contributed by atoms with Crippen LogP contribution in [0.1, 0.15) is 10.1 Å². The number of nitrogens with two attached hydrogens (primary N) is 2. The third-order valence-corrected chi connectivity index (χ3v) is 4.62. The average Bonchev–Trinajstić information content (AvgIpc) is 2.82. The number of thioether (sulfide) groups is 1. The number of hydrogen-bond acceptors (Lipinski definition) is 6. The van der Waals surface area contributed by atoms with Crippen molar-refractivity contribution < 1.29 is 0 Å². The van der Waals surface area contributed by atoms with Gasteiger partial charge in [-0.1, -0.05) is 17.8 Å². The topological polar surface area (TPSA) is 99.6 Å². The fourth-order valence-electron chi connectivity index (χ4n) is 1.53. The summed E-state index contributed by atoms with van der Waals surface area (Å²) in [4.78, 5) is 1.01. The van der Waals surface area contributed by atoms with Gasteiger partial charge in [-0.2, -0.15) is 10.5 Å². The van der Waals surface area contributed by atoms with Crippen LogP contribution in [0.3, 0.4) is 0 Å². The highest BCUT2D eigenvalue weighted by Crippen LogP contribution is 2.46. The zero-order chi connectivity index (χ0) is 12.4. The average molecular weight is 260 g/mol. The van der Waals surface area contributed by atoms with Crippen LogP contribution < -0.4 is 11.5 Å². The normalized spacial score (nSPS) is 20.0. The third kappa shape index (κ3) is 1.89. The molecular weight excluding hydrogens is 252 g/mol. The van der Waals surface area contributed by atoms with Crippen LogP contribution in [-0.4, -0.2) is 0 Å². The second-order valence-corrected chi connectivity index (χ2v) is 5.43. The lowest BCUT2D eigenvalue weighted by molar-refractivity contribution is 1.11. The summed E-state index contributed by atoms with van der Waals surface area (Å²) in [7, 11) is 0. The zero-order valence-electron chi connectivity index (χ0n) is 8.68. The lowest BCUT2D eigenvalue weighted by atomic mass is 10.1. The molecule has 17 heavy (non-hydrogen) atoms. The van der Waals surface area contributed by atoms with Crippen LogP contribution in [0.15, 0.2) is 39.4 Å². The third-order valence-electron chi connectivity index (χ3n) is 2.35. The Morgan fingerprint density at radius 1 is 1.24 bits per heavy atom. The zero-order valence-corrected chi connectivity index (χ0v) is 10.3. The Morgan fingerprint density at radius 2 is 2.00 bits per heavy atom. The molecule has 0 saturated heterocycles. The van der Waals surface area contributed by atoms with Gasteiger partial charge in [0, 0.05) is 4.88 Å². The summed E-state index contributed by atoms with van der Waals surface area (Å²) in [6.45, 7) is 0. The Hall–Kier alpha value is -1.89. The van der Waals surface area contributed by atoms with Gasteiger partial charge in [0.25, 0.3) is 0 Å². The summed E-state index contributed by atoms with van der Waals surface area (Å²) in [5.41, 5.74) is 12.4. The highest BCUT2D eigenvalue weighted by molar-refractivity contribution is 8.03. The van der Waals surface area contributed by atoms with Crippen molar-refractivity contribution >= 4 is 23.1 Å². The molecule has 1 atom stereocenters. The fourth-order valence-corrected chi connectivity index (χ4v) is 3.57. The van der Waals surface area contributed by atoms with Gasteiger partial charge in [0.1, 0.15) is 11.6 Å². The number of rotatable bonds is 1. The van der Waals surface area contributed by atoms with Crippen LogP contribution in [-0.2, 0) is 0 Å². The molecule has 84 valence electrons. The van der Waals surface area contributed by atoms with Crippen LogP contribution in [0.2, 0.25) is 0 Å². The Kier molecular flexibility index (Phi) is 3.10. The first kappa shape index (κ1) is 11.6. The summed E-state index contributed by atoms with van der Waals surface area (Å²) in [5, 5.41) is 20.2. The van der Waals surface area contributed by atoms with E-state index in [0.29, 0.717) is 10.6 Å². The van der Waals surface area contributed by atoms with E-state index >= 15 is 0 Å². The van der Waals surface area contributed by atoms with Gasteiger partial charge in [0.15, 0.2) is 0 Å². The summed E-state index contributed by atoms with van der Waals surface area (Å²) in [6, 6.07) is 7.85. The molecule has 1 aromatic heterocycles. The number of hydrogen-bond donors (Lipinski definition) is 2. The molecule has 2 heterocycles. The second kappa shape index (κ2) is 4.54. The summed E-state index contributed by atoms with van der Waals surface area (Å²) in [5.74, 6) is 0. The van der Waals surface area contributed by atoms with E-state index in [1.165, 1.54) is 23.1 Å². The molecule has 0 saturated carbocycles. The first-order valence-corrected chi connectivity index (χ1v) is 6.45. The fraction of sp³-hybridized carbons (Fsp3) is 0.0909. The van der Waals surface area contributed by atoms with Gasteiger partial charge < -0.3 is 11.5 Å². The molecule has 4 N–H and O–H groups in total. The number of allylic oxidation sites excluding steroid dienone is 1. The number of nitrogens with zero attached hydrogens (tertiary/aromatic N) is 2. The minimum Gasteiger partial charge on any atom is -0.397 e. The molecule has 1 aromatic rings. The molecule has 0 fully saturated rings. The van der Waals surface area contributed by atoms with Gasteiger partial charge in [-0.05, 0) is 11.4 Å². The molecule has 0 radical (unpaired) electrons. The Balaban J connectivity index is 2.54. The Labute approximate surface area is 107 Å². The predicted octanol–water partition coefficient (Wildman–Crippen LogP) is 1.97. The second-order valence-electron chi connectivity index (χ2n) is 3.30. The molecule has 0 aliphatic carbocycles. The van der Waals surface area contributed by atoms with Gasteiger partial charge in [-0.3, -0.25) is 0 Å². The van der Waals surface area contributed by atoms with Crippen LogP contribution in [0, 0.1) is 22.7 Å². The standard InChI is InChI=1S/C11H8N4S2/c12-4-6-9(14)7(5-13)11(15)17-10(6)8-2-1-3-16-8/h1-3,10H,14-15H2/t10-/m1/s1. The SMILES string of the molecule is N#CC1=C(N)S[C@@H](c2cccs2)C(C#N)=C1N. The van der Waals surface area contributed by atoms with E-state index < -0.39 is 0 Å². The van der Waals surface area contributed by atoms with Crippen molar-refractivity contribution in [2.45, 2.75) is 5.25 Å². The molecule has 4 nitrogen and oxygen atoms in total. The number of thiophene rings is 1. The highest BCUT2D eigenvalue weighted by Gasteiger charge is 2.29. The first-order chi connectivity index (χ1) is 8.19.